The van der Waals surface area contributed by atoms with E-state index < -0.39 is 0 Å². The van der Waals surface area contributed by atoms with Gasteiger partial charge in [-0.2, -0.15) is 0 Å². The van der Waals surface area contributed by atoms with Gasteiger partial charge in [0.15, 0.2) is 5.76 Å². The van der Waals surface area contributed by atoms with Gasteiger partial charge in [-0.3, -0.25) is 9.69 Å². The molecule has 0 aliphatic carbocycles. The first-order chi connectivity index (χ1) is 16.1. The van der Waals surface area contributed by atoms with Crippen molar-refractivity contribution in [3.05, 3.63) is 83.6 Å². The number of para-hydroxylation sites is 2. The molecule has 0 saturated carbocycles. The van der Waals surface area contributed by atoms with E-state index in [1.165, 1.54) is 21.3 Å². The topological polar surface area (TPSA) is 43.7 Å². The fourth-order valence-corrected chi connectivity index (χ4v) is 4.75. The van der Waals surface area contributed by atoms with Crippen LogP contribution in [-0.4, -0.2) is 34.2 Å². The first-order valence-corrected chi connectivity index (χ1v) is 11.4. The minimum Gasteiger partial charge on any atom is -0.496 e. The molecule has 5 nitrogen and oxygen atoms in total. The predicted octanol–water partition coefficient (Wildman–Crippen LogP) is 5.55. The smallest absolute Gasteiger partial charge is 0.297 e. The summed E-state index contributed by atoms with van der Waals surface area (Å²) in [4.78, 5) is 14.5. The lowest BCUT2D eigenvalue weighted by molar-refractivity contribution is -0.122. The Balaban J connectivity index is 1.42. The summed E-state index contributed by atoms with van der Waals surface area (Å²) < 4.78 is 13.4. The van der Waals surface area contributed by atoms with Crippen LogP contribution in [-0.2, 0) is 22.5 Å². The first-order valence-electron chi connectivity index (χ1n) is 11.0. The molecule has 1 aromatic heterocycles. The summed E-state index contributed by atoms with van der Waals surface area (Å²) in [6.07, 6.45) is 2.39. The van der Waals surface area contributed by atoms with E-state index in [9.17, 15) is 4.79 Å². The highest BCUT2D eigenvalue weighted by Crippen LogP contribution is 2.31. The molecule has 3 aromatic carbocycles. The Morgan fingerprint density at radius 3 is 2.58 bits per heavy atom. The molecule has 0 N–H and O–H groups in total. The van der Waals surface area contributed by atoms with Crippen molar-refractivity contribution in [2.24, 2.45) is 0 Å². The van der Waals surface area contributed by atoms with Gasteiger partial charge in [-0.15, -0.1) is 0 Å². The van der Waals surface area contributed by atoms with E-state index in [1.807, 2.05) is 30.3 Å². The third-order valence-corrected chi connectivity index (χ3v) is 6.38. The van der Waals surface area contributed by atoms with E-state index in [2.05, 4.69) is 47.9 Å². The number of fused-ring (bicyclic) bond motifs is 3. The van der Waals surface area contributed by atoms with Gasteiger partial charge in [0.2, 0.25) is 0 Å². The number of carbonyl (C=O) groups excluding carboxylic acids is 1. The van der Waals surface area contributed by atoms with E-state index in [4.69, 9.17) is 21.7 Å². The number of hydrogen-bond donors (Lipinski definition) is 0. The van der Waals surface area contributed by atoms with Crippen molar-refractivity contribution in [2.45, 2.75) is 19.9 Å². The van der Waals surface area contributed by atoms with E-state index in [1.54, 1.807) is 13.2 Å². The van der Waals surface area contributed by atoms with Gasteiger partial charge in [0, 0.05) is 34.9 Å². The highest BCUT2D eigenvalue weighted by atomic mass is 32.1. The van der Waals surface area contributed by atoms with Gasteiger partial charge in [-0.1, -0.05) is 42.5 Å². The summed E-state index contributed by atoms with van der Waals surface area (Å²) in [6.45, 7) is 3.47. The molecule has 1 amide bonds. The van der Waals surface area contributed by atoms with Gasteiger partial charge >= 0.3 is 0 Å². The van der Waals surface area contributed by atoms with E-state index in [0.29, 0.717) is 13.0 Å². The van der Waals surface area contributed by atoms with Gasteiger partial charge in [0.1, 0.15) is 5.75 Å². The molecule has 1 saturated heterocycles. The summed E-state index contributed by atoms with van der Waals surface area (Å²) >= 11 is 5.35. The van der Waals surface area contributed by atoms with Gasteiger partial charge in [-0.25, -0.2) is 0 Å². The molecule has 0 unspecified atom stereocenters. The Hall–Kier alpha value is -3.64. The minimum absolute atomic E-state index is 0.185. The van der Waals surface area contributed by atoms with Crippen molar-refractivity contribution < 1.29 is 14.3 Å². The molecular formula is C27H24N2O3S. The van der Waals surface area contributed by atoms with Crippen LogP contribution in [0.3, 0.4) is 0 Å². The molecule has 0 radical (unpaired) electrons. The van der Waals surface area contributed by atoms with Gasteiger partial charge in [0.25, 0.3) is 11.1 Å². The molecule has 5 rings (SSSR count). The summed E-state index contributed by atoms with van der Waals surface area (Å²) in [6, 6.07) is 22.4. The number of aryl methyl sites for hydroxylation is 1. The lowest BCUT2D eigenvalue weighted by Crippen LogP contribution is -2.30. The quantitative estimate of drug-likeness (QED) is 0.282. The molecular weight excluding hydrogens is 432 g/mol. The number of hydrogen-bond acceptors (Lipinski definition) is 4. The maximum Gasteiger partial charge on any atom is 0.297 e. The Kier molecular flexibility index (Phi) is 5.60. The van der Waals surface area contributed by atoms with Crippen LogP contribution in [0.25, 0.3) is 27.9 Å². The lowest BCUT2D eigenvalue weighted by Gasteiger charge is -2.13. The Labute approximate surface area is 197 Å². The molecule has 0 spiro atoms. The number of aromatic nitrogens is 1. The number of ether oxygens (including phenoxy) is 2. The predicted molar refractivity (Wildman–Crippen MR) is 135 cm³/mol. The van der Waals surface area contributed by atoms with Crippen molar-refractivity contribution in [3.8, 4) is 5.75 Å². The van der Waals surface area contributed by atoms with Gasteiger partial charge < -0.3 is 14.0 Å². The van der Waals surface area contributed by atoms with Crippen LogP contribution >= 0.6 is 12.2 Å². The van der Waals surface area contributed by atoms with Crippen LogP contribution in [0.15, 0.2) is 72.5 Å². The summed E-state index contributed by atoms with van der Waals surface area (Å²) in [5, 5.41) is 2.54. The second kappa shape index (κ2) is 8.71. The molecule has 1 aliphatic rings. The average Bonchev–Trinajstić information content (AvgIpc) is 3.30. The third kappa shape index (κ3) is 3.76. The van der Waals surface area contributed by atoms with Crippen LogP contribution in [0.2, 0.25) is 0 Å². The van der Waals surface area contributed by atoms with Crippen molar-refractivity contribution >= 4 is 51.2 Å². The van der Waals surface area contributed by atoms with Crippen molar-refractivity contribution in [2.75, 3.05) is 13.7 Å². The number of rotatable bonds is 6. The summed E-state index contributed by atoms with van der Waals surface area (Å²) in [5.41, 5.74) is 4.30. The second-order valence-corrected chi connectivity index (χ2v) is 8.28. The molecule has 166 valence electrons. The first kappa shape index (κ1) is 21.2. The Morgan fingerprint density at radius 1 is 1.00 bits per heavy atom. The number of benzene rings is 3. The largest absolute Gasteiger partial charge is 0.496 e. The lowest BCUT2D eigenvalue weighted by atomic mass is 10.1. The van der Waals surface area contributed by atoms with Crippen molar-refractivity contribution in [1.29, 1.82) is 0 Å². The number of thiocarbonyl (C=S) groups is 1. The SMILES string of the molecule is CCn1c2ccccc2c2cc(C=C3OC(=S)N(CCc4ccccc4OC)C3=O)ccc21. The number of carbonyl (C=O) groups is 1. The Morgan fingerprint density at radius 2 is 1.76 bits per heavy atom. The third-order valence-electron chi connectivity index (χ3n) is 6.08. The molecule has 1 aliphatic heterocycles. The monoisotopic (exact) mass is 456 g/mol. The zero-order valence-corrected chi connectivity index (χ0v) is 19.4. The highest BCUT2D eigenvalue weighted by molar-refractivity contribution is 7.80. The number of methoxy groups -OCH3 is 1. The summed E-state index contributed by atoms with van der Waals surface area (Å²) in [5.74, 6) is 0.830. The summed E-state index contributed by atoms with van der Waals surface area (Å²) in [7, 11) is 1.64. The molecule has 4 aromatic rings. The number of amides is 1. The van der Waals surface area contributed by atoms with E-state index >= 15 is 0 Å². The zero-order valence-electron chi connectivity index (χ0n) is 18.6. The van der Waals surface area contributed by atoms with Gasteiger partial charge in [-0.05, 0) is 67.0 Å². The Bertz CT molecular complexity index is 1420. The molecule has 1 fully saturated rings. The molecule has 33 heavy (non-hydrogen) atoms. The van der Waals surface area contributed by atoms with Crippen LogP contribution in [0.4, 0.5) is 0 Å². The molecule has 0 atom stereocenters. The molecule has 2 heterocycles. The normalized spacial score (nSPS) is 15.1. The van der Waals surface area contributed by atoms with Crippen LogP contribution in [0.1, 0.15) is 18.1 Å². The highest BCUT2D eigenvalue weighted by Gasteiger charge is 2.33. The maximum absolute atomic E-state index is 13.0. The van der Waals surface area contributed by atoms with Crippen LogP contribution < -0.4 is 4.74 Å². The molecule has 0 bridgehead atoms. The zero-order chi connectivity index (χ0) is 22.9. The minimum atomic E-state index is -0.217. The van der Waals surface area contributed by atoms with E-state index in [-0.39, 0.29) is 16.8 Å². The second-order valence-electron chi connectivity index (χ2n) is 7.93. The van der Waals surface area contributed by atoms with E-state index in [0.717, 1.165) is 28.8 Å². The molecule has 6 heteroatoms. The fraction of sp³-hybridized carbons (Fsp3) is 0.185. The standard InChI is InChI=1S/C27H24N2O3S/c1-3-28-22-10-6-5-9-20(22)21-16-18(12-13-23(21)28)17-25-26(30)29(27(33)32-25)15-14-19-8-4-7-11-24(19)31-2/h4-13,16-17H,3,14-15H2,1-2H3. The number of nitrogens with zero attached hydrogens (tertiary/aromatic N) is 2. The maximum atomic E-state index is 13.0. The van der Waals surface area contributed by atoms with Gasteiger partial charge in [0.05, 0.1) is 7.11 Å². The van der Waals surface area contributed by atoms with Crippen molar-refractivity contribution in [3.63, 3.8) is 0 Å². The fourth-order valence-electron chi connectivity index (χ4n) is 4.49. The van der Waals surface area contributed by atoms with Crippen LogP contribution in [0, 0.1) is 0 Å². The van der Waals surface area contributed by atoms with Crippen LogP contribution in [0.5, 0.6) is 5.75 Å². The van der Waals surface area contributed by atoms with Crippen molar-refractivity contribution in [1.82, 2.24) is 9.47 Å². The average molecular weight is 457 g/mol.